The second-order valence-corrected chi connectivity index (χ2v) is 5.75. The number of carboxylic acid groups (broad SMARTS) is 1. The zero-order chi connectivity index (χ0) is 13.2. The number of ether oxygens (including phenoxy) is 1. The second kappa shape index (κ2) is 4.75. The molecule has 5 nitrogen and oxygen atoms in total. The van der Waals surface area contributed by atoms with Gasteiger partial charge in [0.05, 0.1) is 17.9 Å². The van der Waals surface area contributed by atoms with Crippen LogP contribution in [0.2, 0.25) is 0 Å². The lowest BCUT2D eigenvalue weighted by atomic mass is 10.0. The minimum absolute atomic E-state index is 0.107. The van der Waals surface area contributed by atoms with Crippen molar-refractivity contribution < 1.29 is 23.1 Å². The molecular formula is C11H14O5S. The van der Waals surface area contributed by atoms with E-state index in [1.54, 1.807) is 0 Å². The summed E-state index contributed by atoms with van der Waals surface area (Å²) in [6.07, 6.45) is 1.09. The Morgan fingerprint density at radius 3 is 2.41 bits per heavy atom. The number of methoxy groups -OCH3 is 1. The third-order valence-corrected chi connectivity index (χ3v) is 3.58. The van der Waals surface area contributed by atoms with Crippen LogP contribution in [0.4, 0.5) is 0 Å². The molecule has 0 aromatic heterocycles. The maximum atomic E-state index is 11.3. The molecule has 94 valence electrons. The van der Waals surface area contributed by atoms with Gasteiger partial charge in [0.25, 0.3) is 0 Å². The first-order chi connectivity index (χ1) is 7.77. The SMILES string of the molecule is COc1cc(S(C)(=O)=O)ccc1C(C)C(=O)O. The van der Waals surface area contributed by atoms with Crippen LogP contribution in [0.15, 0.2) is 23.1 Å². The summed E-state index contributed by atoms with van der Waals surface area (Å²) in [4.78, 5) is 11.0. The quantitative estimate of drug-likeness (QED) is 0.880. The summed E-state index contributed by atoms with van der Waals surface area (Å²) in [6.45, 7) is 1.51. The fourth-order valence-electron chi connectivity index (χ4n) is 1.41. The van der Waals surface area contributed by atoms with Gasteiger partial charge in [0.2, 0.25) is 0 Å². The van der Waals surface area contributed by atoms with Crippen LogP contribution in [-0.4, -0.2) is 32.9 Å². The van der Waals surface area contributed by atoms with Crippen LogP contribution < -0.4 is 4.74 Å². The van der Waals surface area contributed by atoms with E-state index in [9.17, 15) is 13.2 Å². The van der Waals surface area contributed by atoms with Gasteiger partial charge >= 0.3 is 5.97 Å². The Morgan fingerprint density at radius 1 is 1.41 bits per heavy atom. The molecule has 1 rings (SSSR count). The van der Waals surface area contributed by atoms with Crippen LogP contribution in [0.5, 0.6) is 5.75 Å². The van der Waals surface area contributed by atoms with E-state index in [4.69, 9.17) is 9.84 Å². The first-order valence-corrected chi connectivity index (χ1v) is 6.77. The summed E-state index contributed by atoms with van der Waals surface area (Å²) in [5, 5.41) is 8.91. The molecule has 0 radical (unpaired) electrons. The Bertz CT molecular complexity index is 533. The maximum Gasteiger partial charge on any atom is 0.310 e. The van der Waals surface area contributed by atoms with Crippen molar-refractivity contribution in [1.82, 2.24) is 0 Å². The predicted octanol–water partition coefficient (Wildman–Crippen LogP) is 1.29. The van der Waals surface area contributed by atoms with E-state index in [1.165, 1.54) is 32.2 Å². The van der Waals surface area contributed by atoms with Crippen molar-refractivity contribution in [2.45, 2.75) is 17.7 Å². The van der Waals surface area contributed by atoms with Gasteiger partial charge in [-0.15, -0.1) is 0 Å². The van der Waals surface area contributed by atoms with E-state index in [0.29, 0.717) is 5.56 Å². The zero-order valence-corrected chi connectivity index (χ0v) is 10.6. The molecule has 1 atom stereocenters. The summed E-state index contributed by atoms with van der Waals surface area (Å²) in [7, 11) is -1.95. The first kappa shape index (κ1) is 13.5. The highest BCUT2D eigenvalue weighted by Gasteiger charge is 2.20. The molecule has 6 heteroatoms. The van der Waals surface area contributed by atoms with Crippen molar-refractivity contribution in [3.05, 3.63) is 23.8 Å². The van der Waals surface area contributed by atoms with Gasteiger partial charge in [0.1, 0.15) is 5.75 Å². The molecule has 17 heavy (non-hydrogen) atoms. The Labute approximate surface area is 100.0 Å². The van der Waals surface area contributed by atoms with Crippen LogP contribution in [0.1, 0.15) is 18.4 Å². The van der Waals surface area contributed by atoms with Crippen LogP contribution in [-0.2, 0) is 14.6 Å². The molecule has 0 bridgehead atoms. The van der Waals surface area contributed by atoms with Crippen molar-refractivity contribution >= 4 is 15.8 Å². The zero-order valence-electron chi connectivity index (χ0n) is 9.80. The standard InChI is InChI=1S/C11H14O5S/c1-7(11(12)13)9-5-4-8(17(3,14)15)6-10(9)16-2/h4-7H,1-3H3,(H,12,13). The fourth-order valence-corrected chi connectivity index (χ4v) is 2.05. The molecule has 0 spiro atoms. The molecule has 1 aromatic rings. The van der Waals surface area contributed by atoms with E-state index < -0.39 is 21.7 Å². The minimum atomic E-state index is -3.33. The Morgan fingerprint density at radius 2 is 2.00 bits per heavy atom. The average molecular weight is 258 g/mol. The lowest BCUT2D eigenvalue weighted by Crippen LogP contribution is -2.09. The molecule has 0 aliphatic carbocycles. The van der Waals surface area contributed by atoms with Crippen LogP contribution in [0.3, 0.4) is 0 Å². The third-order valence-electron chi connectivity index (χ3n) is 2.47. The van der Waals surface area contributed by atoms with Gasteiger partial charge in [-0.1, -0.05) is 6.07 Å². The predicted molar refractivity (Wildman–Crippen MR) is 62.2 cm³/mol. The monoisotopic (exact) mass is 258 g/mol. The molecule has 0 aliphatic heterocycles. The highest BCUT2D eigenvalue weighted by atomic mass is 32.2. The van der Waals surface area contributed by atoms with Crippen molar-refractivity contribution in [1.29, 1.82) is 0 Å². The minimum Gasteiger partial charge on any atom is -0.496 e. The van der Waals surface area contributed by atoms with E-state index in [0.717, 1.165) is 6.26 Å². The highest BCUT2D eigenvalue weighted by Crippen LogP contribution is 2.29. The van der Waals surface area contributed by atoms with E-state index >= 15 is 0 Å². The fraction of sp³-hybridized carbons (Fsp3) is 0.364. The topological polar surface area (TPSA) is 80.7 Å². The van der Waals surface area contributed by atoms with E-state index in [2.05, 4.69) is 0 Å². The number of carboxylic acids is 1. The Kier molecular flexibility index (Phi) is 3.77. The molecule has 0 saturated carbocycles. The molecule has 0 aliphatic rings. The van der Waals surface area contributed by atoms with Gasteiger partial charge in [-0.25, -0.2) is 8.42 Å². The van der Waals surface area contributed by atoms with Crippen LogP contribution in [0, 0.1) is 0 Å². The average Bonchev–Trinajstić information content (AvgIpc) is 2.25. The summed E-state index contributed by atoms with van der Waals surface area (Å²) in [5.74, 6) is -1.48. The number of aliphatic carboxylic acids is 1. The van der Waals surface area contributed by atoms with Crippen molar-refractivity contribution in [2.75, 3.05) is 13.4 Å². The van der Waals surface area contributed by atoms with Gasteiger partial charge in [-0.3, -0.25) is 4.79 Å². The number of rotatable bonds is 4. The number of hydrogen-bond acceptors (Lipinski definition) is 4. The van der Waals surface area contributed by atoms with E-state index in [-0.39, 0.29) is 10.6 Å². The van der Waals surface area contributed by atoms with Gasteiger partial charge in [-0.2, -0.15) is 0 Å². The molecule has 0 heterocycles. The molecule has 0 saturated heterocycles. The van der Waals surface area contributed by atoms with Crippen molar-refractivity contribution in [2.24, 2.45) is 0 Å². The molecule has 1 N–H and O–H groups in total. The van der Waals surface area contributed by atoms with Gasteiger partial charge < -0.3 is 9.84 Å². The molecule has 1 aromatic carbocycles. The van der Waals surface area contributed by atoms with Crippen LogP contribution >= 0.6 is 0 Å². The number of carbonyl (C=O) groups is 1. The lowest BCUT2D eigenvalue weighted by Gasteiger charge is -2.13. The van der Waals surface area contributed by atoms with Crippen molar-refractivity contribution in [3.63, 3.8) is 0 Å². The Hall–Kier alpha value is -1.56. The van der Waals surface area contributed by atoms with E-state index in [1.807, 2.05) is 0 Å². The maximum absolute atomic E-state index is 11.3. The molecule has 1 unspecified atom stereocenters. The smallest absolute Gasteiger partial charge is 0.310 e. The largest absolute Gasteiger partial charge is 0.496 e. The lowest BCUT2D eigenvalue weighted by molar-refractivity contribution is -0.138. The number of benzene rings is 1. The highest BCUT2D eigenvalue weighted by molar-refractivity contribution is 7.90. The molecule has 0 fully saturated rings. The van der Waals surface area contributed by atoms with Gasteiger partial charge in [0.15, 0.2) is 9.84 Å². The summed E-state index contributed by atoms with van der Waals surface area (Å²) < 4.78 is 27.7. The second-order valence-electron chi connectivity index (χ2n) is 3.74. The molecule has 0 amide bonds. The normalized spacial score (nSPS) is 13.1. The van der Waals surface area contributed by atoms with Crippen molar-refractivity contribution in [3.8, 4) is 5.75 Å². The van der Waals surface area contributed by atoms with Crippen LogP contribution in [0.25, 0.3) is 0 Å². The summed E-state index contributed by atoms with van der Waals surface area (Å²) >= 11 is 0. The Balaban J connectivity index is 3.33. The first-order valence-electron chi connectivity index (χ1n) is 4.88. The number of sulfone groups is 1. The molecular weight excluding hydrogens is 244 g/mol. The third kappa shape index (κ3) is 2.97. The summed E-state index contributed by atoms with van der Waals surface area (Å²) in [5.41, 5.74) is 0.451. The summed E-state index contributed by atoms with van der Waals surface area (Å²) in [6, 6.07) is 4.19. The van der Waals surface area contributed by atoms with Gasteiger partial charge in [-0.05, 0) is 19.1 Å². The van der Waals surface area contributed by atoms with Gasteiger partial charge in [0, 0.05) is 11.8 Å². The number of hydrogen-bond donors (Lipinski definition) is 1.